The van der Waals surface area contributed by atoms with Crippen molar-refractivity contribution in [2.24, 2.45) is 0 Å². The molecule has 1 heterocycles. The Morgan fingerprint density at radius 1 is 1.17 bits per heavy atom. The molecule has 0 bridgehead atoms. The van der Waals surface area contributed by atoms with Crippen LogP contribution in [0.25, 0.3) is 0 Å². The lowest BCUT2D eigenvalue weighted by Gasteiger charge is -2.22. The number of amides is 1. The minimum absolute atomic E-state index is 0.00385. The zero-order chi connectivity index (χ0) is 16.7. The summed E-state index contributed by atoms with van der Waals surface area (Å²) in [5, 5.41) is 0. The molecule has 23 heavy (non-hydrogen) atoms. The van der Waals surface area contributed by atoms with E-state index in [1.54, 1.807) is 18.3 Å². The number of carbonyl (C=O) groups is 1. The first kappa shape index (κ1) is 17.1. The lowest BCUT2D eigenvalue weighted by Crippen LogP contribution is -2.36. The first-order valence-corrected chi connectivity index (χ1v) is 7.60. The Morgan fingerprint density at radius 2 is 1.91 bits per heavy atom. The molecule has 0 aliphatic carbocycles. The van der Waals surface area contributed by atoms with Crippen LogP contribution in [0.15, 0.2) is 41.0 Å². The van der Waals surface area contributed by atoms with Crippen molar-refractivity contribution in [3.8, 4) is 5.75 Å². The summed E-state index contributed by atoms with van der Waals surface area (Å²) in [6.45, 7) is 5.31. The molecule has 0 unspecified atom stereocenters. The molecule has 0 aliphatic rings. The van der Waals surface area contributed by atoms with Gasteiger partial charge in [-0.3, -0.25) is 4.79 Å². The maximum atomic E-state index is 12.5. The number of aryl methyl sites for hydroxylation is 2. The molecule has 1 amide bonds. The molecule has 2 rings (SSSR count). The minimum Gasteiger partial charge on any atom is -0.483 e. The van der Waals surface area contributed by atoms with Gasteiger partial charge in [-0.05, 0) is 37.1 Å². The Balaban J connectivity index is 1.99. The fraction of sp³-hybridized carbons (Fsp3) is 0.389. The summed E-state index contributed by atoms with van der Waals surface area (Å²) in [4.78, 5) is 14.2. The highest BCUT2D eigenvalue weighted by Gasteiger charge is 2.16. The summed E-state index contributed by atoms with van der Waals surface area (Å²) >= 11 is 0. The van der Waals surface area contributed by atoms with Gasteiger partial charge in [-0.2, -0.15) is 0 Å². The number of para-hydroxylation sites is 1. The van der Waals surface area contributed by atoms with Gasteiger partial charge in [-0.25, -0.2) is 0 Å². The molecular formula is C18H23NO4. The fourth-order valence-electron chi connectivity index (χ4n) is 2.34. The van der Waals surface area contributed by atoms with E-state index in [0.717, 1.165) is 22.6 Å². The van der Waals surface area contributed by atoms with Crippen LogP contribution in [-0.4, -0.2) is 37.7 Å². The molecule has 5 nitrogen and oxygen atoms in total. The van der Waals surface area contributed by atoms with Crippen molar-refractivity contribution in [2.75, 3.05) is 26.9 Å². The van der Waals surface area contributed by atoms with Crippen LogP contribution in [0.3, 0.4) is 0 Å². The molecule has 0 radical (unpaired) electrons. The number of methoxy groups -OCH3 is 1. The summed E-state index contributed by atoms with van der Waals surface area (Å²) in [7, 11) is 1.61. The molecular weight excluding hydrogens is 294 g/mol. The minimum atomic E-state index is -0.0962. The van der Waals surface area contributed by atoms with Gasteiger partial charge in [0.2, 0.25) is 0 Å². The topological polar surface area (TPSA) is 51.9 Å². The zero-order valence-electron chi connectivity index (χ0n) is 13.9. The van der Waals surface area contributed by atoms with Crippen LogP contribution in [0.2, 0.25) is 0 Å². The van der Waals surface area contributed by atoms with Gasteiger partial charge in [-0.1, -0.05) is 18.2 Å². The number of furan rings is 1. The number of carbonyl (C=O) groups excluding carboxylic acids is 1. The van der Waals surface area contributed by atoms with Crippen LogP contribution < -0.4 is 4.74 Å². The number of nitrogens with zero attached hydrogens (tertiary/aromatic N) is 1. The highest BCUT2D eigenvalue weighted by atomic mass is 16.5. The van der Waals surface area contributed by atoms with Gasteiger partial charge in [0.1, 0.15) is 11.5 Å². The number of ether oxygens (including phenoxy) is 2. The van der Waals surface area contributed by atoms with E-state index < -0.39 is 0 Å². The van der Waals surface area contributed by atoms with E-state index in [2.05, 4.69) is 0 Å². The van der Waals surface area contributed by atoms with Crippen molar-refractivity contribution in [2.45, 2.75) is 20.4 Å². The molecule has 1 aromatic carbocycles. The highest BCUT2D eigenvalue weighted by Crippen LogP contribution is 2.22. The Morgan fingerprint density at radius 3 is 2.52 bits per heavy atom. The largest absolute Gasteiger partial charge is 0.483 e. The van der Waals surface area contributed by atoms with Gasteiger partial charge in [0, 0.05) is 13.7 Å². The Kier molecular flexibility index (Phi) is 6.23. The summed E-state index contributed by atoms with van der Waals surface area (Å²) in [6.07, 6.45) is 1.60. The molecule has 2 aromatic rings. The monoisotopic (exact) mass is 317 g/mol. The maximum absolute atomic E-state index is 12.5. The van der Waals surface area contributed by atoms with Crippen LogP contribution >= 0.6 is 0 Å². The third-order valence-electron chi connectivity index (χ3n) is 3.59. The van der Waals surface area contributed by atoms with Gasteiger partial charge in [0.25, 0.3) is 5.91 Å². The third kappa shape index (κ3) is 4.86. The highest BCUT2D eigenvalue weighted by molar-refractivity contribution is 5.77. The third-order valence-corrected chi connectivity index (χ3v) is 3.59. The van der Waals surface area contributed by atoms with Gasteiger partial charge in [0.05, 0.1) is 19.4 Å². The molecule has 1 aromatic heterocycles. The van der Waals surface area contributed by atoms with E-state index in [1.165, 1.54) is 0 Å². The molecule has 0 atom stereocenters. The predicted octanol–water partition coefficient (Wildman–Crippen LogP) is 2.95. The van der Waals surface area contributed by atoms with Gasteiger partial charge < -0.3 is 18.8 Å². The van der Waals surface area contributed by atoms with E-state index in [1.807, 2.05) is 44.2 Å². The molecule has 0 spiro atoms. The molecule has 5 heteroatoms. The Hall–Kier alpha value is -2.27. The van der Waals surface area contributed by atoms with Crippen molar-refractivity contribution < 1.29 is 18.7 Å². The van der Waals surface area contributed by atoms with Crippen LogP contribution in [0.4, 0.5) is 0 Å². The summed E-state index contributed by atoms with van der Waals surface area (Å²) < 4.78 is 16.1. The average Bonchev–Trinajstić information content (AvgIpc) is 3.03. The lowest BCUT2D eigenvalue weighted by atomic mass is 10.1. The van der Waals surface area contributed by atoms with E-state index >= 15 is 0 Å². The average molecular weight is 317 g/mol. The fourth-order valence-corrected chi connectivity index (χ4v) is 2.34. The lowest BCUT2D eigenvalue weighted by molar-refractivity contribution is -0.134. The maximum Gasteiger partial charge on any atom is 0.260 e. The zero-order valence-corrected chi connectivity index (χ0v) is 13.9. The Labute approximate surface area is 136 Å². The Bertz CT molecular complexity index is 602. The van der Waals surface area contributed by atoms with Crippen molar-refractivity contribution in [3.05, 3.63) is 53.5 Å². The second-order valence-electron chi connectivity index (χ2n) is 5.40. The normalized spacial score (nSPS) is 10.6. The number of rotatable bonds is 8. The van der Waals surface area contributed by atoms with E-state index in [4.69, 9.17) is 13.9 Å². The quantitative estimate of drug-likeness (QED) is 0.751. The van der Waals surface area contributed by atoms with E-state index in [-0.39, 0.29) is 12.5 Å². The number of hydrogen-bond donors (Lipinski definition) is 0. The predicted molar refractivity (Wildman–Crippen MR) is 87.4 cm³/mol. The molecule has 0 N–H and O–H groups in total. The molecule has 0 saturated heterocycles. The first-order chi connectivity index (χ1) is 11.1. The molecule has 0 saturated carbocycles. The second kappa shape index (κ2) is 8.39. The van der Waals surface area contributed by atoms with E-state index in [0.29, 0.717) is 19.7 Å². The van der Waals surface area contributed by atoms with Gasteiger partial charge in [0.15, 0.2) is 6.61 Å². The molecule has 0 fully saturated rings. The van der Waals surface area contributed by atoms with Crippen molar-refractivity contribution >= 4 is 5.91 Å². The first-order valence-electron chi connectivity index (χ1n) is 7.60. The van der Waals surface area contributed by atoms with Crippen molar-refractivity contribution in [1.82, 2.24) is 4.90 Å². The van der Waals surface area contributed by atoms with Crippen molar-refractivity contribution in [3.63, 3.8) is 0 Å². The SMILES string of the molecule is COCCN(Cc1ccco1)C(=O)COc1c(C)cccc1C. The number of benzene rings is 1. The number of hydrogen-bond acceptors (Lipinski definition) is 4. The second-order valence-corrected chi connectivity index (χ2v) is 5.40. The van der Waals surface area contributed by atoms with Crippen molar-refractivity contribution in [1.29, 1.82) is 0 Å². The van der Waals surface area contributed by atoms with Gasteiger partial charge >= 0.3 is 0 Å². The summed E-state index contributed by atoms with van der Waals surface area (Å²) in [6, 6.07) is 9.57. The summed E-state index contributed by atoms with van der Waals surface area (Å²) in [5.41, 5.74) is 2.04. The van der Waals surface area contributed by atoms with Crippen LogP contribution in [-0.2, 0) is 16.1 Å². The van der Waals surface area contributed by atoms with Crippen LogP contribution in [0, 0.1) is 13.8 Å². The van der Waals surface area contributed by atoms with Gasteiger partial charge in [-0.15, -0.1) is 0 Å². The molecule has 124 valence electrons. The summed E-state index contributed by atoms with van der Waals surface area (Å²) in [5.74, 6) is 1.41. The standard InChI is InChI=1S/C18H23NO4/c1-14-6-4-7-15(2)18(14)23-13-17(20)19(9-11-21-3)12-16-8-5-10-22-16/h4-8,10H,9,11-13H2,1-3H3. The molecule has 0 aliphatic heterocycles. The smallest absolute Gasteiger partial charge is 0.260 e. The van der Waals surface area contributed by atoms with E-state index in [9.17, 15) is 4.79 Å². The van der Waals surface area contributed by atoms with Crippen LogP contribution in [0.5, 0.6) is 5.75 Å². The van der Waals surface area contributed by atoms with Crippen LogP contribution in [0.1, 0.15) is 16.9 Å².